The maximum Gasteiger partial charge on any atom is 0.231 e. The van der Waals surface area contributed by atoms with Gasteiger partial charge < -0.3 is 4.74 Å². The first-order valence-corrected chi connectivity index (χ1v) is 5.76. The molecule has 0 aromatic rings. The molecule has 2 fully saturated rings. The molecule has 2 rings (SSSR count). The van der Waals surface area contributed by atoms with Crippen LogP contribution in [0.25, 0.3) is 0 Å². The fourth-order valence-corrected chi connectivity index (χ4v) is 3.02. The monoisotopic (exact) mass is 226 g/mol. The summed E-state index contributed by atoms with van der Waals surface area (Å²) in [7, 11) is 0. The van der Waals surface area contributed by atoms with Crippen LogP contribution < -0.4 is 0 Å². The third kappa shape index (κ3) is 0.957. The Morgan fingerprint density at radius 2 is 1.56 bits per heavy atom. The summed E-state index contributed by atoms with van der Waals surface area (Å²) >= 11 is 0. The van der Waals surface area contributed by atoms with Crippen LogP contribution in [0.4, 0.5) is 0 Å². The Labute approximate surface area is 97.7 Å². The zero-order valence-electron chi connectivity index (χ0n) is 11.1. The van der Waals surface area contributed by atoms with Crippen molar-refractivity contribution in [2.24, 2.45) is 16.2 Å². The van der Waals surface area contributed by atoms with E-state index in [-0.39, 0.29) is 23.0 Å². The summed E-state index contributed by atoms with van der Waals surface area (Å²) in [5, 5.41) is 0. The van der Waals surface area contributed by atoms with Gasteiger partial charge in [0.05, 0.1) is 0 Å². The van der Waals surface area contributed by atoms with Crippen LogP contribution in [-0.2, 0) is 14.5 Å². The molecule has 1 spiro atoms. The van der Waals surface area contributed by atoms with Crippen molar-refractivity contribution in [2.45, 2.75) is 47.3 Å². The summed E-state index contributed by atoms with van der Waals surface area (Å²) in [5.74, 6) is -0.806. The van der Waals surface area contributed by atoms with Gasteiger partial charge in [0.2, 0.25) is 5.79 Å². The van der Waals surface area contributed by atoms with Crippen molar-refractivity contribution in [1.29, 1.82) is 0 Å². The van der Waals surface area contributed by atoms with Crippen LogP contribution in [-0.4, -0.2) is 12.6 Å². The number of hydrogen-bond acceptors (Lipinski definition) is 3. The quantitative estimate of drug-likeness (QED) is 0.468. The fourth-order valence-electron chi connectivity index (χ4n) is 3.02. The standard InChI is InChI=1S/C13H22O3/c1-9-10(2,3)11(4,5)12(6,7)13(9)14-8-15-16-13/h1,8H2,2-7H3. The molecule has 0 radical (unpaired) electrons. The largest absolute Gasteiger partial charge is 0.313 e. The molecule has 1 atom stereocenters. The Bertz CT molecular complexity index is 333. The second kappa shape index (κ2) is 2.89. The van der Waals surface area contributed by atoms with E-state index in [4.69, 9.17) is 14.5 Å². The molecule has 0 bridgehead atoms. The van der Waals surface area contributed by atoms with Gasteiger partial charge in [-0.15, -0.1) is 0 Å². The van der Waals surface area contributed by atoms with Crippen LogP contribution in [0.2, 0.25) is 0 Å². The Morgan fingerprint density at radius 3 is 1.88 bits per heavy atom. The second-order valence-electron chi connectivity index (χ2n) is 6.43. The fraction of sp³-hybridized carbons (Fsp3) is 0.846. The predicted octanol–water partition coefficient (Wildman–Crippen LogP) is 3.27. The highest BCUT2D eigenvalue weighted by Crippen LogP contribution is 2.70. The normalized spacial score (nSPS) is 39.5. The van der Waals surface area contributed by atoms with Crippen LogP contribution in [0.1, 0.15) is 41.5 Å². The highest BCUT2D eigenvalue weighted by atomic mass is 17.3. The Kier molecular flexibility index (Phi) is 2.19. The van der Waals surface area contributed by atoms with Crippen molar-refractivity contribution in [2.75, 3.05) is 6.79 Å². The molecule has 1 unspecified atom stereocenters. The Balaban J connectivity index is 2.62. The van der Waals surface area contributed by atoms with Crippen LogP contribution in [0.15, 0.2) is 12.2 Å². The summed E-state index contributed by atoms with van der Waals surface area (Å²) in [5.41, 5.74) is 0.707. The molecule has 1 saturated carbocycles. The summed E-state index contributed by atoms with van der Waals surface area (Å²) in [4.78, 5) is 10.5. The van der Waals surface area contributed by atoms with Gasteiger partial charge in [-0.25, -0.2) is 4.89 Å². The topological polar surface area (TPSA) is 27.7 Å². The van der Waals surface area contributed by atoms with Crippen molar-refractivity contribution < 1.29 is 14.5 Å². The summed E-state index contributed by atoms with van der Waals surface area (Å²) in [6, 6.07) is 0. The van der Waals surface area contributed by atoms with Crippen molar-refractivity contribution in [1.82, 2.24) is 0 Å². The van der Waals surface area contributed by atoms with Crippen LogP contribution in [0.3, 0.4) is 0 Å². The highest BCUT2D eigenvalue weighted by Gasteiger charge is 2.72. The summed E-state index contributed by atoms with van der Waals surface area (Å²) in [6.45, 7) is 17.5. The van der Waals surface area contributed by atoms with Crippen LogP contribution >= 0.6 is 0 Å². The molecule has 3 nitrogen and oxygen atoms in total. The molecule has 1 aliphatic carbocycles. The van der Waals surface area contributed by atoms with Gasteiger partial charge >= 0.3 is 0 Å². The van der Waals surface area contributed by atoms with E-state index in [0.717, 1.165) is 5.57 Å². The zero-order chi connectivity index (χ0) is 12.4. The molecule has 3 heteroatoms. The smallest absolute Gasteiger partial charge is 0.231 e. The second-order valence-corrected chi connectivity index (χ2v) is 6.43. The Hall–Kier alpha value is -0.380. The van der Waals surface area contributed by atoms with Gasteiger partial charge in [-0.1, -0.05) is 48.1 Å². The lowest BCUT2D eigenvalue weighted by Gasteiger charge is -2.45. The van der Waals surface area contributed by atoms with E-state index in [9.17, 15) is 0 Å². The predicted molar refractivity (Wildman–Crippen MR) is 61.3 cm³/mol. The average Bonchev–Trinajstić information content (AvgIpc) is 2.67. The molecule has 1 saturated heterocycles. The summed E-state index contributed by atoms with van der Waals surface area (Å²) < 4.78 is 5.76. The van der Waals surface area contributed by atoms with Gasteiger partial charge in [-0.05, 0) is 16.4 Å². The molecule has 1 heterocycles. The maximum atomic E-state index is 5.76. The first-order chi connectivity index (χ1) is 7.11. The van der Waals surface area contributed by atoms with E-state index in [2.05, 4.69) is 48.1 Å². The van der Waals surface area contributed by atoms with E-state index in [0.29, 0.717) is 0 Å². The van der Waals surface area contributed by atoms with E-state index in [1.54, 1.807) is 0 Å². The lowest BCUT2D eigenvalue weighted by molar-refractivity contribution is -0.337. The lowest BCUT2D eigenvalue weighted by Crippen LogP contribution is -2.47. The van der Waals surface area contributed by atoms with E-state index < -0.39 is 5.79 Å². The molecule has 0 amide bonds. The molecule has 92 valence electrons. The highest BCUT2D eigenvalue weighted by molar-refractivity contribution is 5.34. The van der Waals surface area contributed by atoms with Gasteiger partial charge in [0.1, 0.15) is 0 Å². The zero-order valence-corrected chi connectivity index (χ0v) is 11.1. The molecular formula is C13H22O3. The van der Waals surface area contributed by atoms with Gasteiger partial charge in [0.15, 0.2) is 6.79 Å². The van der Waals surface area contributed by atoms with Gasteiger partial charge in [-0.2, -0.15) is 4.89 Å². The number of ether oxygens (including phenoxy) is 1. The lowest BCUT2D eigenvalue weighted by atomic mass is 9.60. The minimum atomic E-state index is -0.806. The van der Waals surface area contributed by atoms with Crippen LogP contribution in [0, 0.1) is 16.2 Å². The van der Waals surface area contributed by atoms with E-state index in [1.165, 1.54) is 0 Å². The van der Waals surface area contributed by atoms with Crippen molar-refractivity contribution in [3.05, 3.63) is 12.2 Å². The van der Waals surface area contributed by atoms with Gasteiger partial charge in [0, 0.05) is 5.41 Å². The molecule has 0 N–H and O–H groups in total. The third-order valence-corrected chi connectivity index (χ3v) is 5.59. The SMILES string of the molecule is C=C1C(C)(C)C(C)(C)C(C)(C)C12OCOO2. The Morgan fingerprint density at radius 1 is 1.00 bits per heavy atom. The van der Waals surface area contributed by atoms with Gasteiger partial charge in [0.25, 0.3) is 0 Å². The van der Waals surface area contributed by atoms with Crippen molar-refractivity contribution in [3.63, 3.8) is 0 Å². The summed E-state index contributed by atoms with van der Waals surface area (Å²) in [6.07, 6.45) is 0. The molecule has 0 aromatic carbocycles. The van der Waals surface area contributed by atoms with Gasteiger partial charge in [-0.3, -0.25) is 0 Å². The molecule has 2 aliphatic rings. The maximum absolute atomic E-state index is 5.76. The minimum absolute atomic E-state index is 0.00475. The number of rotatable bonds is 0. The minimum Gasteiger partial charge on any atom is -0.313 e. The number of hydrogen-bond donors (Lipinski definition) is 0. The van der Waals surface area contributed by atoms with Crippen molar-refractivity contribution in [3.8, 4) is 0 Å². The van der Waals surface area contributed by atoms with Crippen LogP contribution in [0.5, 0.6) is 0 Å². The average molecular weight is 226 g/mol. The van der Waals surface area contributed by atoms with E-state index in [1.807, 2.05) is 0 Å². The molecule has 1 aliphatic heterocycles. The molecule has 16 heavy (non-hydrogen) atoms. The molecular weight excluding hydrogens is 204 g/mol. The van der Waals surface area contributed by atoms with E-state index >= 15 is 0 Å². The third-order valence-electron chi connectivity index (χ3n) is 5.59. The molecule has 0 aromatic heterocycles. The first kappa shape index (κ1) is 12.1. The first-order valence-electron chi connectivity index (χ1n) is 5.76. The van der Waals surface area contributed by atoms with Crippen molar-refractivity contribution >= 4 is 0 Å².